The van der Waals surface area contributed by atoms with E-state index in [-0.39, 0.29) is 23.9 Å². The number of rotatable bonds is 0. The Morgan fingerprint density at radius 1 is 0.647 bits per heavy atom. The van der Waals surface area contributed by atoms with Gasteiger partial charge in [-0.1, -0.05) is 0 Å². The molecular formula is C2H2F6O6S2Sn. The molecule has 0 aliphatic rings. The SMILES string of the molecule is O=S(=O)([O-])C(F)(F)F.O=S(=O)([O-])C(F)(F)F.[SnH2+2]. The molecule has 0 saturated heterocycles. The van der Waals surface area contributed by atoms with Crippen molar-refractivity contribution < 1.29 is 52.3 Å². The molecule has 0 rings (SSSR count). The maximum absolute atomic E-state index is 10.7. The van der Waals surface area contributed by atoms with Crippen LogP contribution < -0.4 is 0 Å². The minimum absolute atomic E-state index is 0. The van der Waals surface area contributed by atoms with Crippen LogP contribution in [0.15, 0.2) is 0 Å². The summed E-state index contributed by atoms with van der Waals surface area (Å²) in [7, 11) is -12.2. The first kappa shape index (κ1) is 22.4. The number of hydrogen-bond donors (Lipinski definition) is 0. The summed E-state index contributed by atoms with van der Waals surface area (Å²) < 4.78 is 118. The van der Waals surface area contributed by atoms with Crippen LogP contribution in [-0.4, -0.2) is 60.9 Å². The molecule has 104 valence electrons. The number of hydrogen-bond acceptors (Lipinski definition) is 6. The van der Waals surface area contributed by atoms with Gasteiger partial charge < -0.3 is 9.11 Å². The quantitative estimate of drug-likeness (QED) is 0.220. The van der Waals surface area contributed by atoms with Crippen molar-refractivity contribution >= 4 is 44.1 Å². The molecule has 0 aliphatic carbocycles. The Labute approximate surface area is 107 Å². The van der Waals surface area contributed by atoms with Gasteiger partial charge in [-0.05, 0) is 0 Å². The van der Waals surface area contributed by atoms with Gasteiger partial charge in [0, 0.05) is 0 Å². The molecule has 0 aromatic rings. The number of halogens is 6. The first-order valence-electron chi connectivity index (χ1n) is 2.54. The summed E-state index contributed by atoms with van der Waals surface area (Å²) in [5.74, 6) is 0. The predicted molar refractivity (Wildman–Crippen MR) is 40.0 cm³/mol. The van der Waals surface area contributed by atoms with E-state index in [1.807, 2.05) is 0 Å². The van der Waals surface area contributed by atoms with E-state index >= 15 is 0 Å². The Morgan fingerprint density at radius 3 is 0.706 bits per heavy atom. The molecule has 0 heterocycles. The molecule has 6 nitrogen and oxygen atoms in total. The van der Waals surface area contributed by atoms with Gasteiger partial charge in [0.1, 0.15) is 0 Å². The molecule has 0 aromatic carbocycles. The molecule has 0 N–H and O–H groups in total. The van der Waals surface area contributed by atoms with Crippen molar-refractivity contribution in [2.24, 2.45) is 0 Å². The fraction of sp³-hybridized carbons (Fsp3) is 1.00. The van der Waals surface area contributed by atoms with Gasteiger partial charge in [0.2, 0.25) is 0 Å². The van der Waals surface area contributed by atoms with Crippen LogP contribution in [-0.2, 0) is 20.2 Å². The van der Waals surface area contributed by atoms with E-state index < -0.39 is 31.3 Å². The Hall–Kier alpha value is 0.199. The Bertz CT molecular complexity index is 374. The van der Waals surface area contributed by atoms with Crippen LogP contribution in [0.5, 0.6) is 0 Å². The molecule has 0 spiro atoms. The van der Waals surface area contributed by atoms with Crippen LogP contribution >= 0.6 is 0 Å². The third-order valence-electron chi connectivity index (χ3n) is 0.567. The zero-order valence-electron chi connectivity index (χ0n) is 7.24. The molecule has 0 aromatic heterocycles. The zero-order valence-corrected chi connectivity index (χ0v) is 12.9. The predicted octanol–water partition coefficient (Wildman–Crippen LogP) is -0.813. The topological polar surface area (TPSA) is 114 Å². The Morgan fingerprint density at radius 2 is 0.706 bits per heavy atom. The average molecular weight is 419 g/mol. The standard InChI is InChI=1S/2CHF3O3S.Sn.2H/c2*2-1(3,4)8(5,6)7;;;/h2*(H,5,6,7);;;/q;;+2;;/p-2. The summed E-state index contributed by atoms with van der Waals surface area (Å²) in [4.78, 5) is 0. The molecule has 0 unspecified atom stereocenters. The number of alkyl halides is 6. The van der Waals surface area contributed by atoms with E-state index in [2.05, 4.69) is 0 Å². The van der Waals surface area contributed by atoms with Crippen molar-refractivity contribution in [3.8, 4) is 0 Å². The van der Waals surface area contributed by atoms with E-state index in [1.165, 1.54) is 0 Å². The second kappa shape index (κ2) is 6.39. The van der Waals surface area contributed by atoms with Crippen molar-refractivity contribution in [2.45, 2.75) is 11.0 Å². The van der Waals surface area contributed by atoms with Crippen molar-refractivity contribution in [1.82, 2.24) is 0 Å². The summed E-state index contributed by atoms with van der Waals surface area (Å²) in [5, 5.41) is 0. The fourth-order valence-electron chi connectivity index (χ4n) is 0. The molecule has 17 heavy (non-hydrogen) atoms. The zero-order chi connectivity index (χ0) is 14.0. The summed E-state index contributed by atoms with van der Waals surface area (Å²) in [6.07, 6.45) is 0. The van der Waals surface area contributed by atoms with Crippen LogP contribution in [0.25, 0.3) is 0 Å². The molecule has 0 radical (unpaired) electrons. The molecule has 0 amide bonds. The van der Waals surface area contributed by atoms with Crippen LogP contribution in [0.2, 0.25) is 0 Å². The third-order valence-corrected chi connectivity index (χ3v) is 1.70. The van der Waals surface area contributed by atoms with Gasteiger partial charge >= 0.3 is 34.9 Å². The van der Waals surface area contributed by atoms with Gasteiger partial charge in [0.15, 0.2) is 20.2 Å². The van der Waals surface area contributed by atoms with Gasteiger partial charge in [0.05, 0.1) is 0 Å². The Balaban J connectivity index is -0.000000218. The Kier molecular flexibility index (Phi) is 8.41. The monoisotopic (exact) mass is 420 g/mol. The van der Waals surface area contributed by atoms with Gasteiger partial charge in [-0.2, -0.15) is 26.3 Å². The second-order valence-corrected chi connectivity index (χ2v) is 4.54. The minimum atomic E-state index is -6.09. The third kappa shape index (κ3) is 9.86. The van der Waals surface area contributed by atoms with Gasteiger partial charge in [-0.3, -0.25) is 0 Å². The molecule has 0 bridgehead atoms. The summed E-state index contributed by atoms with van der Waals surface area (Å²) in [6, 6.07) is 0. The van der Waals surface area contributed by atoms with E-state index in [4.69, 9.17) is 25.9 Å². The summed E-state index contributed by atoms with van der Waals surface area (Å²) >= 11 is 0. The fourth-order valence-corrected chi connectivity index (χ4v) is 0. The van der Waals surface area contributed by atoms with Crippen LogP contribution in [0.3, 0.4) is 0 Å². The van der Waals surface area contributed by atoms with E-state index in [0.29, 0.717) is 0 Å². The first-order chi connectivity index (χ1) is 6.50. The van der Waals surface area contributed by atoms with Gasteiger partial charge in [0.25, 0.3) is 0 Å². The summed E-state index contributed by atoms with van der Waals surface area (Å²) in [5.41, 5.74) is -11.3. The van der Waals surface area contributed by atoms with Crippen LogP contribution in [0.4, 0.5) is 26.3 Å². The molecule has 0 saturated carbocycles. The molecule has 0 aliphatic heterocycles. The molecule has 15 heteroatoms. The van der Waals surface area contributed by atoms with Crippen LogP contribution in [0, 0.1) is 0 Å². The van der Waals surface area contributed by atoms with E-state index in [1.54, 1.807) is 0 Å². The van der Waals surface area contributed by atoms with Gasteiger partial charge in [-0.15, -0.1) is 0 Å². The first-order valence-corrected chi connectivity index (χ1v) is 5.36. The van der Waals surface area contributed by atoms with Crippen molar-refractivity contribution in [2.75, 3.05) is 0 Å². The van der Waals surface area contributed by atoms with Crippen molar-refractivity contribution in [3.63, 3.8) is 0 Å². The van der Waals surface area contributed by atoms with Crippen molar-refractivity contribution in [3.05, 3.63) is 0 Å². The van der Waals surface area contributed by atoms with Gasteiger partial charge in [-0.25, -0.2) is 16.8 Å². The second-order valence-electron chi connectivity index (χ2n) is 1.80. The summed E-state index contributed by atoms with van der Waals surface area (Å²) in [6.45, 7) is 0. The normalized spacial score (nSPS) is 13.2. The van der Waals surface area contributed by atoms with E-state index in [0.717, 1.165) is 0 Å². The molecule has 0 fully saturated rings. The molecular weight excluding hydrogens is 417 g/mol. The van der Waals surface area contributed by atoms with E-state index in [9.17, 15) is 26.3 Å². The maximum atomic E-state index is 10.7. The molecule has 0 atom stereocenters. The van der Waals surface area contributed by atoms with Crippen LogP contribution in [0.1, 0.15) is 0 Å². The average Bonchev–Trinajstić information content (AvgIpc) is 1.77. The van der Waals surface area contributed by atoms with Crippen molar-refractivity contribution in [1.29, 1.82) is 0 Å².